The lowest BCUT2D eigenvalue weighted by Gasteiger charge is -2.20. The minimum absolute atomic E-state index is 0.214. The van der Waals surface area contributed by atoms with Gasteiger partial charge in [-0.1, -0.05) is 0 Å². The van der Waals surface area contributed by atoms with Crippen molar-refractivity contribution in [1.82, 2.24) is 10.2 Å². The highest BCUT2D eigenvalue weighted by atomic mass is 16.4. The van der Waals surface area contributed by atoms with Crippen LogP contribution in [-0.2, 0) is 4.79 Å². The van der Waals surface area contributed by atoms with E-state index >= 15 is 0 Å². The van der Waals surface area contributed by atoms with E-state index in [9.17, 15) is 4.79 Å². The molecule has 0 aromatic rings. The first-order valence-electron chi connectivity index (χ1n) is 5.66. The van der Waals surface area contributed by atoms with Crippen LogP contribution in [0.4, 0.5) is 0 Å². The van der Waals surface area contributed by atoms with Gasteiger partial charge in [-0.15, -0.1) is 0 Å². The molecule has 0 bridgehead atoms. The van der Waals surface area contributed by atoms with Crippen LogP contribution in [-0.4, -0.2) is 48.7 Å². The smallest absolute Gasteiger partial charge is 0.304 e. The molecule has 0 radical (unpaired) electrons. The summed E-state index contributed by atoms with van der Waals surface area (Å²) in [6, 6.07) is 0.602. The van der Waals surface area contributed by atoms with Gasteiger partial charge in [0.2, 0.25) is 0 Å². The highest BCUT2D eigenvalue weighted by molar-refractivity contribution is 5.66. The fourth-order valence-corrected chi connectivity index (χ4v) is 1.19. The first-order valence-corrected chi connectivity index (χ1v) is 5.66. The van der Waals surface area contributed by atoms with Gasteiger partial charge in [-0.3, -0.25) is 4.79 Å². The van der Waals surface area contributed by atoms with Crippen LogP contribution in [0.3, 0.4) is 0 Å². The van der Waals surface area contributed by atoms with Crippen molar-refractivity contribution in [3.63, 3.8) is 0 Å². The number of carbonyl (C=O) groups is 1. The lowest BCUT2D eigenvalue weighted by Crippen LogP contribution is -2.28. The summed E-state index contributed by atoms with van der Waals surface area (Å²) in [5.41, 5.74) is 0. The summed E-state index contributed by atoms with van der Waals surface area (Å²) in [6.07, 6.45) is 2.48. The molecule has 90 valence electrons. The van der Waals surface area contributed by atoms with E-state index in [1.807, 2.05) is 0 Å². The van der Waals surface area contributed by atoms with E-state index in [1.165, 1.54) is 0 Å². The van der Waals surface area contributed by atoms with Crippen molar-refractivity contribution in [2.45, 2.75) is 39.2 Å². The van der Waals surface area contributed by atoms with Gasteiger partial charge in [0, 0.05) is 12.6 Å². The van der Waals surface area contributed by atoms with Crippen molar-refractivity contribution >= 4 is 5.97 Å². The highest BCUT2D eigenvalue weighted by Gasteiger charge is 2.01. The molecule has 2 N–H and O–H groups in total. The zero-order valence-electron chi connectivity index (χ0n) is 10.1. The molecule has 0 unspecified atom stereocenters. The Morgan fingerprint density at radius 2 is 2.00 bits per heavy atom. The molecule has 4 heteroatoms. The van der Waals surface area contributed by atoms with E-state index in [4.69, 9.17) is 5.11 Å². The number of unbranched alkanes of at least 4 members (excludes halogenated alkanes) is 1. The Kier molecular flexibility index (Phi) is 8.33. The lowest BCUT2D eigenvalue weighted by atomic mass is 10.2. The Labute approximate surface area is 92.7 Å². The van der Waals surface area contributed by atoms with Crippen LogP contribution in [0.25, 0.3) is 0 Å². The Balaban J connectivity index is 3.15. The second-order valence-corrected chi connectivity index (χ2v) is 4.18. The third kappa shape index (κ3) is 9.69. The monoisotopic (exact) mass is 216 g/mol. The largest absolute Gasteiger partial charge is 0.481 e. The third-order valence-electron chi connectivity index (χ3n) is 2.51. The van der Waals surface area contributed by atoms with Crippen LogP contribution < -0.4 is 5.32 Å². The molecule has 0 aliphatic carbocycles. The average molecular weight is 216 g/mol. The summed E-state index contributed by atoms with van der Waals surface area (Å²) in [4.78, 5) is 12.5. The molecular weight excluding hydrogens is 192 g/mol. The van der Waals surface area contributed by atoms with Crippen LogP contribution in [0.2, 0.25) is 0 Å². The number of nitrogens with one attached hydrogen (secondary N) is 1. The maximum Gasteiger partial charge on any atom is 0.304 e. The van der Waals surface area contributed by atoms with E-state index in [2.05, 4.69) is 31.1 Å². The van der Waals surface area contributed by atoms with E-state index in [0.717, 1.165) is 25.9 Å². The third-order valence-corrected chi connectivity index (χ3v) is 2.51. The maximum atomic E-state index is 10.2. The van der Waals surface area contributed by atoms with Crippen LogP contribution in [0, 0.1) is 0 Å². The first-order chi connectivity index (χ1) is 7.04. The first kappa shape index (κ1) is 14.4. The van der Waals surface area contributed by atoms with Gasteiger partial charge in [-0.2, -0.15) is 0 Å². The van der Waals surface area contributed by atoms with Crippen LogP contribution in [0.1, 0.15) is 33.1 Å². The van der Waals surface area contributed by atoms with E-state index < -0.39 is 5.97 Å². The molecule has 0 spiro atoms. The van der Waals surface area contributed by atoms with Gasteiger partial charge in [0.05, 0.1) is 6.42 Å². The minimum atomic E-state index is -0.734. The quantitative estimate of drug-likeness (QED) is 0.568. The van der Waals surface area contributed by atoms with Crippen LogP contribution in [0.5, 0.6) is 0 Å². The fourth-order valence-electron chi connectivity index (χ4n) is 1.19. The predicted octanol–water partition coefficient (Wildman–Crippen LogP) is 1.17. The van der Waals surface area contributed by atoms with E-state index in [0.29, 0.717) is 12.6 Å². The Bertz CT molecular complexity index is 172. The Morgan fingerprint density at radius 1 is 1.33 bits per heavy atom. The molecule has 0 aliphatic rings. The number of nitrogens with zero attached hydrogens (tertiary/aromatic N) is 1. The molecule has 15 heavy (non-hydrogen) atoms. The van der Waals surface area contributed by atoms with Crippen molar-refractivity contribution < 1.29 is 9.90 Å². The number of hydrogen-bond acceptors (Lipinski definition) is 3. The Morgan fingerprint density at radius 3 is 2.53 bits per heavy atom. The summed E-state index contributed by atoms with van der Waals surface area (Å²) in [5, 5.41) is 11.5. The summed E-state index contributed by atoms with van der Waals surface area (Å²) in [7, 11) is 2.13. The Hall–Kier alpha value is -0.610. The second kappa shape index (κ2) is 8.68. The molecule has 0 aromatic carbocycles. The molecule has 0 aliphatic heterocycles. The lowest BCUT2D eigenvalue weighted by molar-refractivity contribution is -0.136. The SMILES string of the molecule is CC(C)N(C)CCCCNCCC(=O)O. The number of carboxylic acids is 1. The molecule has 0 aromatic heterocycles. The molecule has 0 atom stereocenters. The van der Waals surface area contributed by atoms with Crippen LogP contribution >= 0.6 is 0 Å². The van der Waals surface area contributed by atoms with Gasteiger partial charge in [0.25, 0.3) is 0 Å². The second-order valence-electron chi connectivity index (χ2n) is 4.18. The summed E-state index contributed by atoms with van der Waals surface area (Å²) >= 11 is 0. The normalized spacial score (nSPS) is 11.3. The number of carboxylic acid groups (broad SMARTS) is 1. The summed E-state index contributed by atoms with van der Waals surface area (Å²) in [6.45, 7) is 6.98. The van der Waals surface area contributed by atoms with Gasteiger partial charge < -0.3 is 15.3 Å². The van der Waals surface area contributed by atoms with Gasteiger partial charge in [-0.05, 0) is 46.8 Å². The molecule has 0 rings (SSSR count). The standard InChI is InChI=1S/C11H24N2O2/c1-10(2)13(3)9-5-4-7-12-8-6-11(14)15/h10,12H,4-9H2,1-3H3,(H,14,15). The zero-order valence-corrected chi connectivity index (χ0v) is 10.1. The van der Waals surface area contributed by atoms with Gasteiger partial charge in [-0.25, -0.2) is 0 Å². The molecular formula is C11H24N2O2. The number of aliphatic carboxylic acids is 1. The van der Waals surface area contributed by atoms with Gasteiger partial charge in [0.1, 0.15) is 0 Å². The average Bonchev–Trinajstić information content (AvgIpc) is 2.15. The topological polar surface area (TPSA) is 52.6 Å². The number of rotatable bonds is 9. The summed E-state index contributed by atoms with van der Waals surface area (Å²) < 4.78 is 0. The number of hydrogen-bond donors (Lipinski definition) is 2. The summed E-state index contributed by atoms with van der Waals surface area (Å²) in [5.74, 6) is -0.734. The van der Waals surface area contributed by atoms with Crippen LogP contribution in [0.15, 0.2) is 0 Å². The zero-order chi connectivity index (χ0) is 11.7. The molecule has 0 fully saturated rings. The van der Waals surface area contributed by atoms with Gasteiger partial charge in [0.15, 0.2) is 0 Å². The predicted molar refractivity (Wildman–Crippen MR) is 62.1 cm³/mol. The molecule has 0 saturated carbocycles. The van der Waals surface area contributed by atoms with E-state index in [1.54, 1.807) is 0 Å². The van der Waals surface area contributed by atoms with Crippen molar-refractivity contribution in [3.05, 3.63) is 0 Å². The molecule has 0 heterocycles. The van der Waals surface area contributed by atoms with E-state index in [-0.39, 0.29) is 6.42 Å². The molecule has 4 nitrogen and oxygen atoms in total. The highest BCUT2D eigenvalue weighted by Crippen LogP contribution is 1.97. The molecule has 0 amide bonds. The van der Waals surface area contributed by atoms with Crippen molar-refractivity contribution in [2.24, 2.45) is 0 Å². The van der Waals surface area contributed by atoms with Crippen molar-refractivity contribution in [1.29, 1.82) is 0 Å². The van der Waals surface area contributed by atoms with Crippen molar-refractivity contribution in [2.75, 3.05) is 26.7 Å². The van der Waals surface area contributed by atoms with Gasteiger partial charge >= 0.3 is 5.97 Å². The minimum Gasteiger partial charge on any atom is -0.481 e. The molecule has 0 saturated heterocycles. The van der Waals surface area contributed by atoms with Crippen molar-refractivity contribution in [3.8, 4) is 0 Å². The maximum absolute atomic E-state index is 10.2. The fraction of sp³-hybridized carbons (Fsp3) is 0.909.